The number of phenolic OH excluding ortho intramolecular Hbond substituents is 1. The minimum absolute atomic E-state index is 0.0667. The van der Waals surface area contributed by atoms with Crippen LogP contribution in [0.3, 0.4) is 0 Å². The van der Waals surface area contributed by atoms with Gasteiger partial charge in [0.2, 0.25) is 0 Å². The Kier molecular flexibility index (Phi) is 9.62. The summed E-state index contributed by atoms with van der Waals surface area (Å²) in [4.78, 5) is 26.6. The molecule has 0 amide bonds. The summed E-state index contributed by atoms with van der Waals surface area (Å²) in [5.74, 6) is -1.31. The van der Waals surface area contributed by atoms with Gasteiger partial charge in [0, 0.05) is 36.3 Å². The number of ether oxygens (including phenoxy) is 3. The van der Waals surface area contributed by atoms with Crippen LogP contribution in [0.2, 0.25) is 0 Å². The smallest absolute Gasteiger partial charge is 0.331 e. The molecule has 11 heteroatoms. The van der Waals surface area contributed by atoms with E-state index >= 15 is 0 Å². The number of benzene rings is 1. The van der Waals surface area contributed by atoms with E-state index in [1.807, 2.05) is 20.8 Å². The summed E-state index contributed by atoms with van der Waals surface area (Å²) in [6, 6.07) is 6.12. The fraction of sp³-hybridized carbons (Fsp3) is 0.657. The zero-order chi connectivity index (χ0) is 33.8. The average molecular weight is 645 g/mol. The molecule has 1 saturated heterocycles. The van der Waals surface area contributed by atoms with Crippen molar-refractivity contribution in [3.8, 4) is 5.75 Å². The number of carbonyl (C=O) groups excluding carboxylic acids is 2. The summed E-state index contributed by atoms with van der Waals surface area (Å²) in [6.45, 7) is 9.25. The number of carbonyl (C=O) groups is 2. The molecule has 1 aromatic rings. The fourth-order valence-electron chi connectivity index (χ4n) is 8.24. The van der Waals surface area contributed by atoms with Crippen molar-refractivity contribution in [1.29, 1.82) is 0 Å². The summed E-state index contributed by atoms with van der Waals surface area (Å²) in [6.07, 6.45) is -4.98. The molecule has 11 nitrogen and oxygen atoms in total. The molecule has 1 aliphatic heterocycles. The molecule has 3 aliphatic carbocycles. The van der Waals surface area contributed by atoms with Crippen molar-refractivity contribution >= 4 is 17.8 Å². The van der Waals surface area contributed by atoms with E-state index in [4.69, 9.17) is 14.2 Å². The van der Waals surface area contributed by atoms with Crippen LogP contribution >= 0.6 is 0 Å². The Morgan fingerprint density at radius 2 is 1.78 bits per heavy atom. The quantitative estimate of drug-likeness (QED) is 0.189. The molecule has 0 aromatic heterocycles. The molecule has 4 aliphatic rings. The zero-order valence-electron chi connectivity index (χ0n) is 27.1. The van der Waals surface area contributed by atoms with E-state index < -0.39 is 66.5 Å². The second kappa shape index (κ2) is 12.8. The summed E-state index contributed by atoms with van der Waals surface area (Å²) in [7, 11) is 0. The number of aliphatic hydroxyl groups is 5. The molecule has 1 saturated carbocycles. The summed E-state index contributed by atoms with van der Waals surface area (Å²) >= 11 is 0. The van der Waals surface area contributed by atoms with Crippen molar-refractivity contribution in [1.82, 2.24) is 0 Å². The molecule has 0 bridgehead atoms. The number of esters is 1. The van der Waals surface area contributed by atoms with Crippen LogP contribution in [0.1, 0.15) is 72.3 Å². The van der Waals surface area contributed by atoms with E-state index in [2.05, 4.69) is 13.8 Å². The topological polar surface area (TPSA) is 183 Å². The lowest BCUT2D eigenvalue weighted by molar-refractivity contribution is -0.326. The van der Waals surface area contributed by atoms with Gasteiger partial charge in [-0.2, -0.15) is 0 Å². The molecular formula is C35H48O11. The lowest BCUT2D eigenvalue weighted by atomic mass is 9.46. The third-order valence-electron chi connectivity index (χ3n) is 11.1. The maximum Gasteiger partial charge on any atom is 0.331 e. The Balaban J connectivity index is 1.48. The van der Waals surface area contributed by atoms with Gasteiger partial charge in [-0.3, -0.25) is 4.79 Å². The zero-order valence-corrected chi connectivity index (χ0v) is 27.1. The molecule has 10 atom stereocenters. The predicted molar refractivity (Wildman–Crippen MR) is 166 cm³/mol. The Labute approximate surface area is 269 Å². The normalized spacial score (nSPS) is 39.3. The third-order valence-corrected chi connectivity index (χ3v) is 11.1. The van der Waals surface area contributed by atoms with E-state index in [1.54, 1.807) is 12.1 Å². The molecular weight excluding hydrogens is 596 g/mol. The first-order valence-corrected chi connectivity index (χ1v) is 16.1. The van der Waals surface area contributed by atoms with Crippen LogP contribution < -0.4 is 0 Å². The maximum atomic E-state index is 13.7. The number of rotatable bonds is 7. The summed E-state index contributed by atoms with van der Waals surface area (Å²) in [5, 5.41) is 64.2. The van der Waals surface area contributed by atoms with Gasteiger partial charge in [0.15, 0.2) is 18.2 Å². The van der Waals surface area contributed by atoms with Gasteiger partial charge >= 0.3 is 5.97 Å². The second-order valence-corrected chi connectivity index (χ2v) is 14.7. The average Bonchev–Trinajstić information content (AvgIpc) is 2.99. The molecule has 6 N–H and O–H groups in total. The number of fused-ring (bicyclic) bond motifs is 2. The molecule has 1 aromatic carbocycles. The number of ketones is 1. The molecule has 46 heavy (non-hydrogen) atoms. The molecule has 0 radical (unpaired) electrons. The van der Waals surface area contributed by atoms with E-state index in [0.29, 0.717) is 29.6 Å². The summed E-state index contributed by atoms with van der Waals surface area (Å²) < 4.78 is 18.2. The van der Waals surface area contributed by atoms with Crippen molar-refractivity contribution in [3.05, 3.63) is 47.1 Å². The minimum atomic E-state index is -1.66. The SMILES string of the molecule is CC(C)[C@]1(O)CC2=C([C@H](O)C1)[C@@]1(C)[C@@H](O[C@@H]3O[C@H](CO)[C@@H](O)[C@H](O)[C@H]3OC(=O)/C=C/c3ccc(O)cc3)CCC(C)(C)[C@@H]1CC2=O. The minimum Gasteiger partial charge on any atom is -0.508 e. The molecule has 254 valence electrons. The van der Waals surface area contributed by atoms with Crippen molar-refractivity contribution in [2.24, 2.45) is 22.7 Å². The van der Waals surface area contributed by atoms with Crippen molar-refractivity contribution < 1.29 is 54.4 Å². The molecule has 0 spiro atoms. The highest BCUT2D eigenvalue weighted by molar-refractivity contribution is 5.98. The van der Waals surface area contributed by atoms with E-state index in [9.17, 15) is 40.2 Å². The first-order chi connectivity index (χ1) is 21.5. The third kappa shape index (κ3) is 6.19. The van der Waals surface area contributed by atoms with Crippen LogP contribution in [-0.4, -0.2) is 97.5 Å². The Morgan fingerprint density at radius 3 is 2.41 bits per heavy atom. The van der Waals surface area contributed by atoms with Gasteiger partial charge in [-0.05, 0) is 59.4 Å². The van der Waals surface area contributed by atoms with E-state index in [0.717, 1.165) is 6.08 Å². The van der Waals surface area contributed by atoms with Crippen LogP contribution in [0.4, 0.5) is 0 Å². The predicted octanol–water partition coefficient (Wildman–Crippen LogP) is 2.40. The van der Waals surface area contributed by atoms with Crippen LogP contribution in [-0.2, 0) is 23.8 Å². The van der Waals surface area contributed by atoms with Crippen molar-refractivity contribution in [2.75, 3.05) is 6.61 Å². The van der Waals surface area contributed by atoms with Gasteiger partial charge in [-0.15, -0.1) is 0 Å². The Bertz CT molecular complexity index is 1370. The number of hydrogen-bond acceptors (Lipinski definition) is 11. The second-order valence-electron chi connectivity index (χ2n) is 14.7. The van der Waals surface area contributed by atoms with Gasteiger partial charge < -0.3 is 44.8 Å². The Hall–Kier alpha value is -2.64. The molecule has 5 rings (SSSR count). The highest BCUT2D eigenvalue weighted by atomic mass is 16.7. The van der Waals surface area contributed by atoms with Crippen molar-refractivity contribution in [3.63, 3.8) is 0 Å². The van der Waals surface area contributed by atoms with Crippen LogP contribution in [0.15, 0.2) is 41.5 Å². The maximum absolute atomic E-state index is 13.7. The molecule has 1 heterocycles. The van der Waals surface area contributed by atoms with Gasteiger partial charge in [-0.1, -0.05) is 46.8 Å². The van der Waals surface area contributed by atoms with Gasteiger partial charge in [0.25, 0.3) is 0 Å². The Morgan fingerprint density at radius 1 is 1.11 bits per heavy atom. The van der Waals surface area contributed by atoms with Gasteiger partial charge in [-0.25, -0.2) is 4.79 Å². The van der Waals surface area contributed by atoms with Gasteiger partial charge in [0.05, 0.1) is 24.4 Å². The lowest BCUT2D eigenvalue weighted by Crippen LogP contribution is -2.64. The fourth-order valence-corrected chi connectivity index (χ4v) is 8.24. The monoisotopic (exact) mass is 644 g/mol. The van der Waals surface area contributed by atoms with Crippen molar-refractivity contribution in [2.45, 2.75) is 115 Å². The number of phenols is 1. The largest absolute Gasteiger partial charge is 0.508 e. The number of aromatic hydroxyl groups is 1. The highest BCUT2D eigenvalue weighted by Crippen LogP contribution is 2.63. The van der Waals surface area contributed by atoms with Crippen LogP contribution in [0.25, 0.3) is 6.08 Å². The standard InChI is InChI=1S/C35H48O11/c1-18(2)35(43)15-21-22(38)14-25-33(3,4)13-12-26(34(25,5)28(21)23(39)16-35)45-32-31(30(42)29(41)24(17-36)44-32)46-27(40)11-8-19-6-9-20(37)10-7-19/h6-11,18,23-26,29-32,36-37,39,41-43H,12-17H2,1-5H3/b11-8+/t23-,24-,25+,26+,29-,30+,31-,32+,34-,35+/m1/s1. The number of Topliss-reactive ketones (excluding diaryl/α,β-unsaturated/α-hetero) is 1. The summed E-state index contributed by atoms with van der Waals surface area (Å²) in [5.41, 5.74) is -0.858. The number of aliphatic hydroxyl groups excluding tert-OH is 4. The first kappa shape index (κ1) is 34.7. The van der Waals surface area contributed by atoms with Crippen LogP contribution in [0, 0.1) is 22.7 Å². The van der Waals surface area contributed by atoms with Gasteiger partial charge in [0.1, 0.15) is 24.1 Å². The molecule has 0 unspecified atom stereocenters. The van der Waals surface area contributed by atoms with E-state index in [1.165, 1.54) is 18.2 Å². The van der Waals surface area contributed by atoms with Crippen LogP contribution in [0.5, 0.6) is 5.75 Å². The highest BCUT2D eigenvalue weighted by Gasteiger charge is 2.62. The molecule has 2 fully saturated rings. The van der Waals surface area contributed by atoms with E-state index in [-0.39, 0.29) is 48.0 Å². The lowest BCUT2D eigenvalue weighted by Gasteiger charge is -2.60. The first-order valence-electron chi connectivity index (χ1n) is 16.1. The number of hydrogen-bond donors (Lipinski definition) is 6.